The minimum Gasteiger partial charge on any atom is -0.302 e. The summed E-state index contributed by atoms with van der Waals surface area (Å²) in [6.45, 7) is 8.24. The Balaban J connectivity index is 2.37. The van der Waals surface area contributed by atoms with Crippen molar-refractivity contribution < 1.29 is 13.2 Å². The van der Waals surface area contributed by atoms with Crippen LogP contribution in [0, 0.1) is 11.3 Å². The largest absolute Gasteiger partial charge is 0.390 e. The molecule has 15 heavy (non-hydrogen) atoms. The zero-order valence-electron chi connectivity index (χ0n) is 9.69. The van der Waals surface area contributed by atoms with Gasteiger partial charge in [0, 0.05) is 13.1 Å². The normalized spacial score (nSPS) is 29.0. The molecule has 0 N–H and O–H groups in total. The second kappa shape index (κ2) is 4.32. The van der Waals surface area contributed by atoms with Crippen LogP contribution >= 0.6 is 0 Å². The van der Waals surface area contributed by atoms with Crippen LogP contribution in [0.15, 0.2) is 0 Å². The van der Waals surface area contributed by atoms with Crippen LogP contribution in [0.3, 0.4) is 0 Å². The first-order chi connectivity index (χ1) is 6.73. The lowest BCUT2D eigenvalue weighted by Gasteiger charge is -2.29. The number of hydrogen-bond donors (Lipinski definition) is 0. The van der Waals surface area contributed by atoms with E-state index in [0.29, 0.717) is 5.92 Å². The van der Waals surface area contributed by atoms with Crippen molar-refractivity contribution in [2.45, 2.75) is 39.8 Å². The van der Waals surface area contributed by atoms with Gasteiger partial charge < -0.3 is 4.90 Å². The molecule has 0 spiro atoms. The van der Waals surface area contributed by atoms with Gasteiger partial charge in [-0.05, 0) is 24.3 Å². The van der Waals surface area contributed by atoms with E-state index < -0.39 is 12.6 Å². The molecule has 0 amide bonds. The molecule has 1 heterocycles. The highest BCUT2D eigenvalue weighted by Crippen LogP contribution is 2.37. The molecular weight excluding hydrogens is 203 g/mol. The van der Waals surface area contributed by atoms with Gasteiger partial charge in [-0.25, -0.2) is 0 Å². The van der Waals surface area contributed by atoms with E-state index in [-0.39, 0.29) is 12.0 Å². The summed E-state index contributed by atoms with van der Waals surface area (Å²) in [5.74, 6) is 0.536. The maximum atomic E-state index is 12.0. The van der Waals surface area contributed by atoms with Gasteiger partial charge in [0.15, 0.2) is 0 Å². The van der Waals surface area contributed by atoms with Crippen molar-refractivity contribution >= 4 is 0 Å². The van der Waals surface area contributed by atoms with Crippen LogP contribution in [0.2, 0.25) is 0 Å². The van der Waals surface area contributed by atoms with Gasteiger partial charge >= 0.3 is 6.18 Å². The molecule has 0 saturated carbocycles. The Bertz CT molecular complexity index is 212. The second-order valence-corrected chi connectivity index (χ2v) is 5.20. The second-order valence-electron chi connectivity index (χ2n) is 5.20. The lowest BCUT2D eigenvalue weighted by Crippen LogP contribution is -2.31. The minimum absolute atomic E-state index is 0.159. The quantitative estimate of drug-likeness (QED) is 0.709. The van der Waals surface area contributed by atoms with Crippen molar-refractivity contribution in [2.24, 2.45) is 11.3 Å². The summed E-state index contributed by atoms with van der Waals surface area (Å²) in [6.07, 6.45) is -3.68. The average Bonchev–Trinajstić information content (AvgIpc) is 2.44. The van der Waals surface area contributed by atoms with Crippen LogP contribution in [-0.4, -0.2) is 30.7 Å². The monoisotopic (exact) mass is 223 g/mol. The first kappa shape index (κ1) is 12.8. The van der Waals surface area contributed by atoms with Gasteiger partial charge in [-0.3, -0.25) is 0 Å². The van der Waals surface area contributed by atoms with E-state index in [9.17, 15) is 13.2 Å². The predicted octanol–water partition coefficient (Wildman–Crippen LogP) is 3.31. The molecular formula is C11H20F3N. The van der Waals surface area contributed by atoms with Gasteiger partial charge in [0.2, 0.25) is 0 Å². The van der Waals surface area contributed by atoms with E-state index in [2.05, 4.69) is 20.8 Å². The minimum atomic E-state index is -4.02. The van der Waals surface area contributed by atoms with Gasteiger partial charge in [0.05, 0.1) is 6.42 Å². The fourth-order valence-corrected chi connectivity index (χ4v) is 2.03. The first-order valence-corrected chi connectivity index (χ1v) is 5.52. The predicted molar refractivity (Wildman–Crippen MR) is 54.7 cm³/mol. The van der Waals surface area contributed by atoms with Crippen LogP contribution in [0.1, 0.15) is 33.6 Å². The molecule has 1 unspecified atom stereocenters. The molecule has 1 saturated heterocycles. The van der Waals surface area contributed by atoms with Crippen molar-refractivity contribution in [2.75, 3.05) is 19.6 Å². The molecule has 90 valence electrons. The maximum Gasteiger partial charge on any atom is 0.390 e. The zero-order chi connectivity index (χ0) is 11.7. The lowest BCUT2D eigenvalue weighted by atomic mass is 9.78. The van der Waals surface area contributed by atoms with E-state index in [1.165, 1.54) is 0 Å². The number of nitrogens with zero attached hydrogens (tertiary/aromatic N) is 1. The van der Waals surface area contributed by atoms with Gasteiger partial charge in [-0.1, -0.05) is 20.8 Å². The summed E-state index contributed by atoms with van der Waals surface area (Å²) >= 11 is 0. The molecule has 0 bridgehead atoms. The topological polar surface area (TPSA) is 3.24 Å². The molecule has 0 aromatic carbocycles. The molecule has 1 atom stereocenters. The van der Waals surface area contributed by atoms with Crippen LogP contribution in [0.25, 0.3) is 0 Å². The molecule has 1 nitrogen and oxygen atoms in total. The summed E-state index contributed by atoms with van der Waals surface area (Å²) in [6, 6.07) is 0. The third-order valence-corrected chi connectivity index (χ3v) is 3.69. The molecule has 0 aromatic heterocycles. The summed E-state index contributed by atoms with van der Waals surface area (Å²) in [5, 5.41) is 0. The van der Waals surface area contributed by atoms with E-state index in [4.69, 9.17) is 0 Å². The van der Waals surface area contributed by atoms with Crippen LogP contribution in [0.5, 0.6) is 0 Å². The molecule has 4 heteroatoms. The van der Waals surface area contributed by atoms with Crippen LogP contribution in [-0.2, 0) is 0 Å². The molecule has 0 aliphatic carbocycles. The number of halogens is 3. The fraction of sp³-hybridized carbons (Fsp3) is 1.00. The van der Waals surface area contributed by atoms with Gasteiger partial charge in [-0.15, -0.1) is 0 Å². The molecule has 1 fully saturated rings. The highest BCUT2D eigenvalue weighted by atomic mass is 19.4. The Hall–Kier alpha value is -0.250. The third-order valence-electron chi connectivity index (χ3n) is 3.69. The maximum absolute atomic E-state index is 12.0. The van der Waals surface area contributed by atoms with Gasteiger partial charge in [0.25, 0.3) is 0 Å². The molecule has 1 rings (SSSR count). The van der Waals surface area contributed by atoms with E-state index >= 15 is 0 Å². The average molecular weight is 223 g/mol. The fourth-order valence-electron chi connectivity index (χ4n) is 2.03. The molecule has 1 aliphatic heterocycles. The van der Waals surface area contributed by atoms with E-state index in [0.717, 1.165) is 19.5 Å². The Kier molecular flexibility index (Phi) is 3.69. The summed E-state index contributed by atoms with van der Waals surface area (Å²) in [7, 11) is 0. The number of hydrogen-bond acceptors (Lipinski definition) is 1. The van der Waals surface area contributed by atoms with Crippen molar-refractivity contribution in [3.05, 3.63) is 0 Å². The first-order valence-electron chi connectivity index (χ1n) is 5.52. The number of likely N-dealkylation sites (tertiary alicyclic amines) is 1. The highest BCUT2D eigenvalue weighted by Gasteiger charge is 2.37. The Labute approximate surface area is 89.6 Å². The number of alkyl halides is 3. The Morgan fingerprint density at radius 3 is 2.33 bits per heavy atom. The molecule has 0 radical (unpaired) electrons. The van der Waals surface area contributed by atoms with Crippen LogP contribution < -0.4 is 0 Å². The van der Waals surface area contributed by atoms with E-state index in [1.54, 1.807) is 0 Å². The molecule has 0 aromatic rings. The van der Waals surface area contributed by atoms with E-state index in [1.807, 2.05) is 4.90 Å². The SMILES string of the molecule is CC(C)C1(C)CCN(CCC(F)(F)F)C1. The van der Waals surface area contributed by atoms with Crippen LogP contribution in [0.4, 0.5) is 13.2 Å². The third kappa shape index (κ3) is 3.67. The van der Waals surface area contributed by atoms with Gasteiger partial charge in [0.1, 0.15) is 0 Å². The Morgan fingerprint density at radius 1 is 1.33 bits per heavy atom. The highest BCUT2D eigenvalue weighted by molar-refractivity contribution is 4.88. The zero-order valence-corrected chi connectivity index (χ0v) is 9.69. The standard InChI is InChI=1S/C11H20F3N/c1-9(2)10(3)4-6-15(8-10)7-5-11(12,13)14/h9H,4-8H2,1-3H3. The Morgan fingerprint density at radius 2 is 1.93 bits per heavy atom. The summed E-state index contributed by atoms with van der Waals surface area (Å²) in [5.41, 5.74) is 0.200. The number of rotatable bonds is 3. The molecule has 1 aliphatic rings. The van der Waals surface area contributed by atoms with Crippen molar-refractivity contribution in [1.29, 1.82) is 0 Å². The van der Waals surface area contributed by atoms with Crippen molar-refractivity contribution in [3.63, 3.8) is 0 Å². The smallest absolute Gasteiger partial charge is 0.302 e. The summed E-state index contributed by atoms with van der Waals surface area (Å²) < 4.78 is 36.1. The van der Waals surface area contributed by atoms with Crippen molar-refractivity contribution in [1.82, 2.24) is 4.90 Å². The van der Waals surface area contributed by atoms with Crippen molar-refractivity contribution in [3.8, 4) is 0 Å². The summed E-state index contributed by atoms with van der Waals surface area (Å²) in [4.78, 5) is 1.94. The van der Waals surface area contributed by atoms with Gasteiger partial charge in [-0.2, -0.15) is 13.2 Å². The lowest BCUT2D eigenvalue weighted by molar-refractivity contribution is -0.137.